The van der Waals surface area contributed by atoms with Gasteiger partial charge in [0.1, 0.15) is 11.6 Å². The summed E-state index contributed by atoms with van der Waals surface area (Å²) in [5, 5.41) is 11.6. The van der Waals surface area contributed by atoms with Crippen LogP contribution in [0.4, 0.5) is 10.1 Å². The normalized spacial score (nSPS) is 17.9. The van der Waals surface area contributed by atoms with Crippen LogP contribution in [0, 0.1) is 12.7 Å². The first-order valence-corrected chi connectivity index (χ1v) is 10.5. The summed E-state index contributed by atoms with van der Waals surface area (Å²) in [5.41, 5.74) is 2.13. The molecule has 1 aliphatic heterocycles. The molecule has 1 heterocycles. The van der Waals surface area contributed by atoms with Crippen LogP contribution in [0.1, 0.15) is 22.7 Å². The fourth-order valence-electron chi connectivity index (χ4n) is 3.61. The Hall–Kier alpha value is -2.96. The summed E-state index contributed by atoms with van der Waals surface area (Å²) in [4.78, 5) is 27.4. The highest BCUT2D eigenvalue weighted by atomic mass is 79.9. The number of anilines is 1. The van der Waals surface area contributed by atoms with Crippen LogP contribution in [0.2, 0.25) is 5.02 Å². The summed E-state index contributed by atoms with van der Waals surface area (Å²) >= 11 is 9.39. The van der Waals surface area contributed by atoms with Crippen molar-refractivity contribution in [2.75, 3.05) is 4.90 Å². The number of carbonyl (C=O) groups excluding carboxylic acids is 2. The van der Waals surface area contributed by atoms with E-state index in [0.29, 0.717) is 21.8 Å². The molecule has 7 heteroatoms. The van der Waals surface area contributed by atoms with Gasteiger partial charge in [-0.2, -0.15) is 0 Å². The average Bonchev–Trinajstić information content (AvgIpc) is 3.01. The molecular formula is C24H16BrClFNO3. The summed E-state index contributed by atoms with van der Waals surface area (Å²) in [7, 11) is 0. The van der Waals surface area contributed by atoms with E-state index in [9.17, 15) is 19.1 Å². The number of aliphatic hydroxyl groups is 1. The average molecular weight is 501 g/mol. The standard InChI is InChI=1S/C24H16BrClFNO3/c1-13-12-15(4-11-19(13)25)22(29)20-21(14-2-7-17(27)8-3-14)28(24(31)23(20)30)18-9-5-16(26)6-10-18/h2-12,21,29H,1H3/b22-20-. The van der Waals surface area contributed by atoms with Crippen LogP contribution in [0.15, 0.2) is 76.8 Å². The van der Waals surface area contributed by atoms with E-state index in [1.165, 1.54) is 29.2 Å². The van der Waals surface area contributed by atoms with E-state index >= 15 is 0 Å². The molecule has 31 heavy (non-hydrogen) atoms. The number of amides is 1. The number of rotatable bonds is 3. The van der Waals surface area contributed by atoms with E-state index in [-0.39, 0.29) is 11.3 Å². The van der Waals surface area contributed by atoms with Crippen molar-refractivity contribution in [3.8, 4) is 0 Å². The third-order valence-corrected chi connectivity index (χ3v) is 6.31. The number of hydrogen-bond donors (Lipinski definition) is 1. The van der Waals surface area contributed by atoms with Gasteiger partial charge in [-0.05, 0) is 66.6 Å². The minimum absolute atomic E-state index is 0.0618. The van der Waals surface area contributed by atoms with Gasteiger partial charge in [0, 0.05) is 20.7 Å². The Balaban J connectivity index is 1.94. The summed E-state index contributed by atoms with van der Waals surface area (Å²) in [6, 6.07) is 16.2. The number of halogens is 3. The van der Waals surface area contributed by atoms with Gasteiger partial charge in [-0.1, -0.05) is 45.7 Å². The number of hydrogen-bond acceptors (Lipinski definition) is 3. The van der Waals surface area contributed by atoms with E-state index in [2.05, 4.69) is 15.9 Å². The first-order chi connectivity index (χ1) is 14.8. The molecule has 0 bridgehead atoms. The highest BCUT2D eigenvalue weighted by molar-refractivity contribution is 9.10. The zero-order valence-corrected chi connectivity index (χ0v) is 18.6. The van der Waals surface area contributed by atoms with Crippen molar-refractivity contribution in [2.45, 2.75) is 13.0 Å². The van der Waals surface area contributed by atoms with Gasteiger partial charge in [-0.3, -0.25) is 14.5 Å². The molecule has 0 aliphatic carbocycles. The molecule has 1 aliphatic rings. The van der Waals surface area contributed by atoms with Crippen molar-refractivity contribution in [1.29, 1.82) is 0 Å². The highest BCUT2D eigenvalue weighted by Crippen LogP contribution is 2.42. The summed E-state index contributed by atoms with van der Waals surface area (Å²) < 4.78 is 14.4. The van der Waals surface area contributed by atoms with Gasteiger partial charge in [0.15, 0.2) is 0 Å². The molecule has 0 spiro atoms. The van der Waals surface area contributed by atoms with Crippen LogP contribution in [-0.2, 0) is 9.59 Å². The number of carbonyl (C=O) groups is 2. The van der Waals surface area contributed by atoms with Gasteiger partial charge in [0.05, 0.1) is 11.6 Å². The first kappa shape index (κ1) is 21.3. The summed E-state index contributed by atoms with van der Waals surface area (Å²) in [6.45, 7) is 1.85. The SMILES string of the molecule is Cc1cc(/C(O)=C2/C(=O)C(=O)N(c3ccc(Cl)cc3)C2c2ccc(F)cc2)ccc1Br. The Labute approximate surface area is 191 Å². The maximum Gasteiger partial charge on any atom is 0.300 e. The van der Waals surface area contributed by atoms with Crippen molar-refractivity contribution >= 4 is 50.7 Å². The second kappa shape index (κ2) is 8.29. The minimum Gasteiger partial charge on any atom is -0.507 e. The number of ketones is 1. The Morgan fingerprint density at radius 1 is 1.03 bits per heavy atom. The maximum atomic E-state index is 13.6. The monoisotopic (exact) mass is 499 g/mol. The number of Topliss-reactive ketones (excluding diaryl/α,β-unsaturated/α-hetero) is 1. The number of aliphatic hydroxyl groups excluding tert-OH is 1. The molecular weight excluding hydrogens is 485 g/mol. The van der Waals surface area contributed by atoms with Crippen molar-refractivity contribution in [3.05, 3.63) is 104 Å². The molecule has 0 aromatic heterocycles. The molecule has 1 atom stereocenters. The largest absolute Gasteiger partial charge is 0.507 e. The summed E-state index contributed by atoms with van der Waals surface area (Å²) in [6.07, 6.45) is 0. The third-order valence-electron chi connectivity index (χ3n) is 5.17. The highest BCUT2D eigenvalue weighted by Gasteiger charge is 2.46. The van der Waals surface area contributed by atoms with Crippen LogP contribution in [0.3, 0.4) is 0 Å². The first-order valence-electron chi connectivity index (χ1n) is 9.36. The molecule has 1 amide bonds. The van der Waals surface area contributed by atoms with Crippen LogP contribution >= 0.6 is 27.5 Å². The second-order valence-electron chi connectivity index (χ2n) is 7.16. The van der Waals surface area contributed by atoms with Gasteiger partial charge in [-0.15, -0.1) is 0 Å². The van der Waals surface area contributed by atoms with Gasteiger partial charge in [0.25, 0.3) is 11.7 Å². The number of benzene rings is 3. The second-order valence-corrected chi connectivity index (χ2v) is 8.45. The van der Waals surface area contributed by atoms with E-state index in [0.717, 1.165) is 10.0 Å². The molecule has 156 valence electrons. The lowest BCUT2D eigenvalue weighted by molar-refractivity contribution is -0.132. The van der Waals surface area contributed by atoms with Crippen LogP contribution in [0.25, 0.3) is 5.76 Å². The minimum atomic E-state index is -0.925. The lowest BCUT2D eigenvalue weighted by Gasteiger charge is -2.25. The zero-order chi connectivity index (χ0) is 22.3. The Morgan fingerprint density at radius 3 is 2.29 bits per heavy atom. The van der Waals surface area contributed by atoms with E-state index < -0.39 is 23.5 Å². The van der Waals surface area contributed by atoms with E-state index in [4.69, 9.17) is 11.6 Å². The lowest BCUT2D eigenvalue weighted by atomic mass is 9.94. The molecule has 0 radical (unpaired) electrons. The molecule has 1 saturated heterocycles. The van der Waals surface area contributed by atoms with Crippen LogP contribution in [-0.4, -0.2) is 16.8 Å². The predicted molar refractivity (Wildman–Crippen MR) is 122 cm³/mol. The van der Waals surface area contributed by atoms with Crippen molar-refractivity contribution in [2.24, 2.45) is 0 Å². The molecule has 1 N–H and O–H groups in total. The van der Waals surface area contributed by atoms with Crippen LogP contribution in [0.5, 0.6) is 0 Å². The lowest BCUT2D eigenvalue weighted by Crippen LogP contribution is -2.29. The van der Waals surface area contributed by atoms with Gasteiger partial charge < -0.3 is 5.11 Å². The Morgan fingerprint density at radius 2 is 1.68 bits per heavy atom. The van der Waals surface area contributed by atoms with Crippen LogP contribution < -0.4 is 4.90 Å². The van der Waals surface area contributed by atoms with Gasteiger partial charge in [0.2, 0.25) is 0 Å². The third kappa shape index (κ3) is 3.89. The molecule has 0 saturated carbocycles. The number of aryl methyl sites for hydroxylation is 1. The summed E-state index contributed by atoms with van der Waals surface area (Å²) in [5.74, 6) is -2.34. The predicted octanol–water partition coefficient (Wildman–Crippen LogP) is 6.18. The number of nitrogens with zero attached hydrogens (tertiary/aromatic N) is 1. The molecule has 4 nitrogen and oxygen atoms in total. The van der Waals surface area contributed by atoms with Crippen molar-refractivity contribution < 1.29 is 19.1 Å². The van der Waals surface area contributed by atoms with E-state index in [1.54, 1.807) is 42.5 Å². The van der Waals surface area contributed by atoms with Gasteiger partial charge in [-0.25, -0.2) is 4.39 Å². The van der Waals surface area contributed by atoms with Crippen molar-refractivity contribution in [1.82, 2.24) is 0 Å². The molecule has 4 rings (SSSR count). The van der Waals surface area contributed by atoms with Crippen molar-refractivity contribution in [3.63, 3.8) is 0 Å². The topological polar surface area (TPSA) is 57.6 Å². The zero-order valence-electron chi connectivity index (χ0n) is 16.3. The fraction of sp³-hybridized carbons (Fsp3) is 0.0833. The molecule has 1 unspecified atom stereocenters. The fourth-order valence-corrected chi connectivity index (χ4v) is 3.98. The molecule has 1 fully saturated rings. The smallest absolute Gasteiger partial charge is 0.300 e. The maximum absolute atomic E-state index is 13.6. The molecule has 3 aromatic carbocycles. The molecule has 3 aromatic rings. The van der Waals surface area contributed by atoms with E-state index in [1.807, 2.05) is 6.92 Å². The Kier molecular flexibility index (Phi) is 5.69. The quantitative estimate of drug-likeness (QED) is 0.266. The van der Waals surface area contributed by atoms with Gasteiger partial charge >= 0.3 is 0 Å². The Bertz CT molecular complexity index is 1220.